The average Bonchev–Trinajstić information content (AvgIpc) is 2.48. The van der Waals surface area contributed by atoms with Gasteiger partial charge in [0.15, 0.2) is 0 Å². The standard InChI is InChI=1S/C17H17ClN2O2/c18-12-4-2-5-13(9-12)19-17(22)20-16-6-1-3-11-7-8-14(21)10-15(11)16/h1-6,9,14,21H,7-8,10H2,(H2,19,20,22)/p+1. The molecule has 1 unspecified atom stereocenters. The maximum Gasteiger partial charge on any atom is 0.422 e. The van der Waals surface area contributed by atoms with Crippen molar-refractivity contribution >= 4 is 29.0 Å². The van der Waals surface area contributed by atoms with Crippen molar-refractivity contribution in [2.75, 3.05) is 5.32 Å². The normalized spacial score (nSPS) is 16.9. The van der Waals surface area contributed by atoms with Crippen LogP contribution in [0.3, 0.4) is 0 Å². The lowest BCUT2D eigenvalue weighted by Gasteiger charge is -2.21. The van der Waals surface area contributed by atoms with Crippen molar-refractivity contribution in [1.82, 2.24) is 0 Å². The minimum atomic E-state index is -0.321. The SMILES string of the molecule is O=C(Nc1cccc(Cl)c1)[NH2+]c1cccc2c1CC(O)CC2. The molecule has 3 rings (SSSR count). The Morgan fingerprint density at radius 1 is 1.27 bits per heavy atom. The molecule has 5 heteroatoms. The number of aryl methyl sites for hydroxylation is 1. The number of fused-ring (bicyclic) bond motifs is 1. The lowest BCUT2D eigenvalue weighted by molar-refractivity contribution is -0.460. The van der Waals surface area contributed by atoms with Gasteiger partial charge in [0.05, 0.1) is 6.10 Å². The molecule has 0 radical (unpaired) electrons. The molecular weight excluding hydrogens is 300 g/mol. The van der Waals surface area contributed by atoms with Gasteiger partial charge in [-0.25, -0.2) is 10.1 Å². The molecular formula is C17H18ClN2O2+. The summed E-state index contributed by atoms with van der Waals surface area (Å²) in [6.45, 7) is 0. The summed E-state index contributed by atoms with van der Waals surface area (Å²) >= 11 is 5.91. The molecule has 0 saturated carbocycles. The molecule has 0 saturated heterocycles. The Labute approximate surface area is 134 Å². The summed E-state index contributed by atoms with van der Waals surface area (Å²) in [6.07, 6.45) is 1.92. The van der Waals surface area contributed by atoms with Crippen molar-refractivity contribution in [2.45, 2.75) is 25.4 Å². The minimum Gasteiger partial charge on any atom is -0.393 e. The Hall–Kier alpha value is -1.88. The highest BCUT2D eigenvalue weighted by Crippen LogP contribution is 2.25. The largest absolute Gasteiger partial charge is 0.422 e. The molecule has 2 aromatic carbocycles. The second kappa shape index (κ2) is 6.48. The lowest BCUT2D eigenvalue weighted by atomic mass is 9.88. The quantitative estimate of drug-likeness (QED) is 0.745. The van der Waals surface area contributed by atoms with Gasteiger partial charge in [-0.1, -0.05) is 29.8 Å². The van der Waals surface area contributed by atoms with E-state index in [0.717, 1.165) is 24.1 Å². The second-order valence-electron chi connectivity index (χ2n) is 5.53. The van der Waals surface area contributed by atoms with E-state index in [0.29, 0.717) is 17.1 Å². The van der Waals surface area contributed by atoms with E-state index in [1.165, 1.54) is 5.56 Å². The van der Waals surface area contributed by atoms with Crippen molar-refractivity contribution in [2.24, 2.45) is 0 Å². The number of aliphatic hydroxyl groups is 1. The first-order valence-corrected chi connectivity index (χ1v) is 7.70. The summed E-state index contributed by atoms with van der Waals surface area (Å²) in [5, 5.41) is 14.8. The second-order valence-corrected chi connectivity index (χ2v) is 5.96. The number of primary amides is 1. The minimum absolute atomic E-state index is 0.198. The molecule has 2 amide bonds. The van der Waals surface area contributed by atoms with Crippen LogP contribution >= 0.6 is 11.6 Å². The van der Waals surface area contributed by atoms with Crippen LogP contribution in [-0.4, -0.2) is 17.2 Å². The summed E-state index contributed by atoms with van der Waals surface area (Å²) in [5.41, 5.74) is 3.83. The van der Waals surface area contributed by atoms with Gasteiger partial charge in [-0.2, -0.15) is 0 Å². The van der Waals surface area contributed by atoms with Crippen LogP contribution in [0.4, 0.5) is 16.2 Å². The number of nitrogens with one attached hydrogen (secondary N) is 1. The topological polar surface area (TPSA) is 65.9 Å². The highest BCUT2D eigenvalue weighted by Gasteiger charge is 2.22. The number of amides is 2. The van der Waals surface area contributed by atoms with Gasteiger partial charge in [-0.15, -0.1) is 0 Å². The fourth-order valence-corrected chi connectivity index (χ4v) is 3.01. The Kier molecular flexibility index (Phi) is 4.43. The van der Waals surface area contributed by atoms with Crippen LogP contribution in [0, 0.1) is 0 Å². The number of quaternary nitrogens is 1. The van der Waals surface area contributed by atoms with E-state index in [-0.39, 0.29) is 12.1 Å². The first kappa shape index (κ1) is 15.0. The van der Waals surface area contributed by atoms with Crippen molar-refractivity contribution < 1.29 is 15.2 Å². The molecule has 0 spiro atoms. The van der Waals surface area contributed by atoms with E-state index in [9.17, 15) is 9.90 Å². The zero-order valence-corrected chi connectivity index (χ0v) is 12.8. The summed E-state index contributed by atoms with van der Waals surface area (Å²) in [5.74, 6) is 0. The van der Waals surface area contributed by atoms with Crippen LogP contribution in [0.1, 0.15) is 17.5 Å². The van der Waals surface area contributed by atoms with E-state index in [1.54, 1.807) is 29.6 Å². The van der Waals surface area contributed by atoms with E-state index in [2.05, 4.69) is 11.4 Å². The van der Waals surface area contributed by atoms with Crippen molar-refractivity contribution in [3.8, 4) is 0 Å². The molecule has 0 aliphatic heterocycles. The number of benzene rings is 2. The number of hydrogen-bond acceptors (Lipinski definition) is 2. The number of carbonyl (C=O) groups excluding carboxylic acids is 1. The van der Waals surface area contributed by atoms with Crippen molar-refractivity contribution in [3.63, 3.8) is 0 Å². The van der Waals surface area contributed by atoms with E-state index >= 15 is 0 Å². The number of nitrogens with two attached hydrogens (primary N) is 1. The van der Waals surface area contributed by atoms with Crippen LogP contribution < -0.4 is 10.6 Å². The summed E-state index contributed by atoms with van der Waals surface area (Å²) < 4.78 is 0. The smallest absolute Gasteiger partial charge is 0.393 e. The zero-order valence-electron chi connectivity index (χ0n) is 12.1. The number of halogens is 1. The number of hydrogen-bond donors (Lipinski definition) is 3. The predicted octanol–water partition coefficient (Wildman–Crippen LogP) is 2.62. The molecule has 0 heterocycles. The molecule has 22 heavy (non-hydrogen) atoms. The van der Waals surface area contributed by atoms with Gasteiger partial charge < -0.3 is 5.11 Å². The first-order chi connectivity index (χ1) is 10.6. The van der Waals surface area contributed by atoms with Gasteiger partial charge in [-0.3, -0.25) is 5.32 Å². The number of rotatable bonds is 2. The number of anilines is 1. The predicted molar refractivity (Wildman–Crippen MR) is 86.5 cm³/mol. The Bertz CT molecular complexity index is 703. The highest BCUT2D eigenvalue weighted by atomic mass is 35.5. The van der Waals surface area contributed by atoms with Crippen LogP contribution in [-0.2, 0) is 12.8 Å². The molecule has 1 aliphatic rings. The van der Waals surface area contributed by atoms with Crippen LogP contribution in [0.25, 0.3) is 0 Å². The van der Waals surface area contributed by atoms with Gasteiger partial charge in [0.2, 0.25) is 0 Å². The molecule has 114 valence electrons. The lowest BCUT2D eigenvalue weighted by Crippen LogP contribution is -2.84. The molecule has 1 aliphatic carbocycles. The Balaban J connectivity index is 1.74. The van der Waals surface area contributed by atoms with E-state index < -0.39 is 0 Å². The third-order valence-corrected chi connectivity index (χ3v) is 4.11. The molecule has 0 bridgehead atoms. The molecule has 4 N–H and O–H groups in total. The monoisotopic (exact) mass is 317 g/mol. The number of urea groups is 1. The summed E-state index contributed by atoms with van der Waals surface area (Å²) in [7, 11) is 0. The van der Waals surface area contributed by atoms with Gasteiger partial charge in [-0.05, 0) is 42.7 Å². The summed E-state index contributed by atoms with van der Waals surface area (Å²) in [6, 6.07) is 12.8. The number of carbonyl (C=O) groups is 1. The Morgan fingerprint density at radius 3 is 2.91 bits per heavy atom. The fraction of sp³-hybridized carbons (Fsp3) is 0.235. The number of aliphatic hydroxyl groups excluding tert-OH is 1. The van der Waals surface area contributed by atoms with Gasteiger partial charge in [0.25, 0.3) is 0 Å². The Morgan fingerprint density at radius 2 is 2.09 bits per heavy atom. The van der Waals surface area contributed by atoms with Crippen molar-refractivity contribution in [3.05, 3.63) is 58.6 Å². The maximum absolute atomic E-state index is 12.2. The maximum atomic E-state index is 12.2. The molecule has 0 aromatic heterocycles. The third-order valence-electron chi connectivity index (χ3n) is 3.87. The van der Waals surface area contributed by atoms with Gasteiger partial charge >= 0.3 is 6.03 Å². The average molecular weight is 318 g/mol. The fourth-order valence-electron chi connectivity index (χ4n) is 2.82. The van der Waals surface area contributed by atoms with E-state index in [1.807, 2.05) is 12.1 Å². The first-order valence-electron chi connectivity index (χ1n) is 7.32. The summed E-state index contributed by atoms with van der Waals surface area (Å²) in [4.78, 5) is 12.2. The van der Waals surface area contributed by atoms with Crippen LogP contribution in [0.5, 0.6) is 0 Å². The molecule has 2 aromatic rings. The van der Waals surface area contributed by atoms with Crippen molar-refractivity contribution in [1.29, 1.82) is 0 Å². The molecule has 4 nitrogen and oxygen atoms in total. The van der Waals surface area contributed by atoms with Crippen LogP contribution in [0.15, 0.2) is 42.5 Å². The zero-order chi connectivity index (χ0) is 15.5. The van der Waals surface area contributed by atoms with Crippen LogP contribution in [0.2, 0.25) is 5.02 Å². The highest BCUT2D eigenvalue weighted by molar-refractivity contribution is 6.30. The molecule has 0 fully saturated rings. The third kappa shape index (κ3) is 3.47. The van der Waals surface area contributed by atoms with E-state index in [4.69, 9.17) is 11.6 Å². The molecule has 1 atom stereocenters. The van der Waals surface area contributed by atoms with Gasteiger partial charge in [0, 0.05) is 22.7 Å². The van der Waals surface area contributed by atoms with Gasteiger partial charge in [0.1, 0.15) is 5.69 Å².